The molecule has 22 heavy (non-hydrogen) atoms. The number of nitrogens with zero attached hydrogens (tertiary/aromatic N) is 2. The van der Waals surface area contributed by atoms with Crippen LogP contribution in [0, 0.1) is 0 Å². The molecular weight excluding hydrogens is 278 g/mol. The van der Waals surface area contributed by atoms with E-state index in [0.29, 0.717) is 5.57 Å². The van der Waals surface area contributed by atoms with Crippen molar-refractivity contribution in [2.75, 3.05) is 26.2 Å². The van der Waals surface area contributed by atoms with Crippen LogP contribution < -0.4 is 5.32 Å². The maximum Gasteiger partial charge on any atom is 0.335 e. The first-order chi connectivity index (χ1) is 10.7. The number of dihydropyridines is 1. The van der Waals surface area contributed by atoms with Crippen LogP contribution in [0.15, 0.2) is 54.3 Å². The van der Waals surface area contributed by atoms with Gasteiger partial charge in [0.05, 0.1) is 11.7 Å². The summed E-state index contributed by atoms with van der Waals surface area (Å²) in [6.07, 6.45) is 5.10. The van der Waals surface area contributed by atoms with Crippen molar-refractivity contribution < 1.29 is 9.90 Å². The van der Waals surface area contributed by atoms with Crippen molar-refractivity contribution in [1.29, 1.82) is 0 Å². The highest BCUT2D eigenvalue weighted by Gasteiger charge is 2.24. The topological polar surface area (TPSA) is 55.8 Å². The number of piperazine rings is 1. The van der Waals surface area contributed by atoms with E-state index in [1.54, 1.807) is 18.4 Å². The van der Waals surface area contributed by atoms with Crippen LogP contribution in [0.5, 0.6) is 0 Å². The number of carbonyl (C=O) groups is 1. The molecule has 2 aliphatic heterocycles. The van der Waals surface area contributed by atoms with Gasteiger partial charge in [-0.05, 0) is 23.9 Å². The lowest BCUT2D eigenvalue weighted by atomic mass is 10.1. The molecule has 0 amide bonds. The van der Waals surface area contributed by atoms with Crippen LogP contribution >= 0.6 is 0 Å². The number of carboxylic acids is 1. The molecule has 3 rings (SSSR count). The molecule has 0 aliphatic carbocycles. The quantitative estimate of drug-likeness (QED) is 0.876. The predicted octanol–water partition coefficient (Wildman–Crippen LogP) is 1.26. The second kappa shape index (κ2) is 6.77. The van der Waals surface area contributed by atoms with E-state index in [2.05, 4.69) is 39.4 Å². The zero-order valence-electron chi connectivity index (χ0n) is 12.5. The molecule has 5 nitrogen and oxygen atoms in total. The van der Waals surface area contributed by atoms with E-state index in [-0.39, 0.29) is 6.17 Å². The molecule has 0 aromatic heterocycles. The van der Waals surface area contributed by atoms with Gasteiger partial charge in [0.1, 0.15) is 0 Å². The molecule has 0 saturated carbocycles. The van der Waals surface area contributed by atoms with E-state index in [1.807, 2.05) is 6.07 Å². The lowest BCUT2D eigenvalue weighted by Crippen LogP contribution is -2.53. The Morgan fingerprint density at radius 1 is 1.18 bits per heavy atom. The standard InChI is InChI=1S/C17H21N3O2/c21-17(22)15-6-7-18-16(12-15)20-10-8-19(9-11-20)13-14-4-2-1-3-5-14/h1-7,12,16,18H,8-11,13H2,(H,21,22). The lowest BCUT2D eigenvalue weighted by Gasteiger charge is -2.39. The summed E-state index contributed by atoms with van der Waals surface area (Å²) in [4.78, 5) is 15.8. The van der Waals surface area contributed by atoms with Gasteiger partial charge in [0.2, 0.25) is 0 Å². The molecule has 1 atom stereocenters. The average Bonchev–Trinajstić information content (AvgIpc) is 2.56. The molecule has 116 valence electrons. The second-order valence-electron chi connectivity index (χ2n) is 5.67. The van der Waals surface area contributed by atoms with Crippen molar-refractivity contribution in [3.05, 3.63) is 59.8 Å². The summed E-state index contributed by atoms with van der Waals surface area (Å²) >= 11 is 0. The fourth-order valence-electron chi connectivity index (χ4n) is 2.90. The number of hydrogen-bond donors (Lipinski definition) is 2. The average molecular weight is 299 g/mol. The smallest absolute Gasteiger partial charge is 0.335 e. The highest BCUT2D eigenvalue weighted by molar-refractivity contribution is 5.90. The Morgan fingerprint density at radius 3 is 2.59 bits per heavy atom. The van der Waals surface area contributed by atoms with Gasteiger partial charge in [-0.3, -0.25) is 9.80 Å². The highest BCUT2D eigenvalue weighted by atomic mass is 16.4. The van der Waals surface area contributed by atoms with Crippen LogP contribution in [0.25, 0.3) is 0 Å². The zero-order chi connectivity index (χ0) is 15.4. The molecule has 1 aromatic carbocycles. The maximum absolute atomic E-state index is 11.1. The minimum absolute atomic E-state index is 0.0185. The van der Waals surface area contributed by atoms with Crippen LogP contribution in [-0.4, -0.2) is 53.2 Å². The minimum Gasteiger partial charge on any atom is -0.478 e. The van der Waals surface area contributed by atoms with E-state index in [1.165, 1.54) is 5.56 Å². The summed E-state index contributed by atoms with van der Waals surface area (Å²) in [5.74, 6) is -0.870. The van der Waals surface area contributed by atoms with Gasteiger partial charge in [-0.15, -0.1) is 0 Å². The van der Waals surface area contributed by atoms with Gasteiger partial charge >= 0.3 is 5.97 Å². The second-order valence-corrected chi connectivity index (χ2v) is 5.67. The highest BCUT2D eigenvalue weighted by Crippen LogP contribution is 2.13. The Morgan fingerprint density at radius 2 is 1.91 bits per heavy atom. The number of aliphatic carboxylic acids is 1. The van der Waals surface area contributed by atoms with Gasteiger partial charge in [0.25, 0.3) is 0 Å². The summed E-state index contributed by atoms with van der Waals surface area (Å²) in [6.45, 7) is 4.83. The number of hydrogen-bond acceptors (Lipinski definition) is 4. The molecule has 2 aliphatic rings. The van der Waals surface area contributed by atoms with Gasteiger partial charge in [-0.2, -0.15) is 0 Å². The number of nitrogens with one attached hydrogen (secondary N) is 1. The molecule has 0 spiro atoms. The number of rotatable bonds is 4. The van der Waals surface area contributed by atoms with Crippen LogP contribution in [0.2, 0.25) is 0 Å². The zero-order valence-corrected chi connectivity index (χ0v) is 12.5. The van der Waals surface area contributed by atoms with Gasteiger partial charge in [-0.25, -0.2) is 4.79 Å². The Labute approximate surface area is 130 Å². The van der Waals surface area contributed by atoms with E-state index in [4.69, 9.17) is 5.11 Å². The van der Waals surface area contributed by atoms with Crippen LogP contribution in [0.1, 0.15) is 5.56 Å². The fourth-order valence-corrected chi connectivity index (χ4v) is 2.90. The summed E-state index contributed by atoms with van der Waals surface area (Å²) in [6, 6.07) is 10.5. The molecule has 1 unspecified atom stereocenters. The predicted molar refractivity (Wildman–Crippen MR) is 85.1 cm³/mol. The van der Waals surface area contributed by atoms with Crippen LogP contribution in [0.4, 0.5) is 0 Å². The first-order valence-electron chi connectivity index (χ1n) is 7.60. The minimum atomic E-state index is -0.870. The third-order valence-electron chi connectivity index (χ3n) is 4.16. The Bertz CT molecular complexity index is 575. The molecule has 1 fully saturated rings. The van der Waals surface area contributed by atoms with Crippen molar-refractivity contribution in [3.8, 4) is 0 Å². The third-order valence-corrected chi connectivity index (χ3v) is 4.16. The normalized spacial score (nSPS) is 22.9. The van der Waals surface area contributed by atoms with Crippen molar-refractivity contribution >= 4 is 5.97 Å². The van der Waals surface area contributed by atoms with Crippen LogP contribution in [-0.2, 0) is 11.3 Å². The Kier molecular flexibility index (Phi) is 4.56. The van der Waals surface area contributed by atoms with Gasteiger partial charge < -0.3 is 10.4 Å². The Hall–Kier alpha value is -2.11. The van der Waals surface area contributed by atoms with Gasteiger partial charge in [0.15, 0.2) is 0 Å². The van der Waals surface area contributed by atoms with E-state index >= 15 is 0 Å². The summed E-state index contributed by atoms with van der Waals surface area (Å²) in [5.41, 5.74) is 1.69. The third kappa shape index (κ3) is 3.55. The molecule has 1 saturated heterocycles. The SMILES string of the molecule is O=C(O)C1=CC(N2CCN(Cc3ccccc3)CC2)NC=C1. The summed E-state index contributed by atoms with van der Waals surface area (Å²) in [5, 5.41) is 12.3. The van der Waals surface area contributed by atoms with Crippen LogP contribution in [0.3, 0.4) is 0 Å². The Balaban J connectivity index is 1.54. The maximum atomic E-state index is 11.1. The molecule has 2 heterocycles. The largest absolute Gasteiger partial charge is 0.478 e. The summed E-state index contributed by atoms with van der Waals surface area (Å²) in [7, 11) is 0. The molecule has 0 bridgehead atoms. The first-order valence-corrected chi connectivity index (χ1v) is 7.60. The van der Waals surface area contributed by atoms with Crippen molar-refractivity contribution in [2.45, 2.75) is 12.7 Å². The molecule has 5 heteroatoms. The van der Waals surface area contributed by atoms with E-state index in [9.17, 15) is 4.79 Å². The fraction of sp³-hybridized carbons (Fsp3) is 0.353. The van der Waals surface area contributed by atoms with Crippen molar-refractivity contribution in [1.82, 2.24) is 15.1 Å². The van der Waals surface area contributed by atoms with E-state index in [0.717, 1.165) is 32.7 Å². The van der Waals surface area contributed by atoms with Gasteiger partial charge in [-0.1, -0.05) is 30.3 Å². The molecular formula is C17H21N3O2. The first kappa shape index (κ1) is 14.8. The number of benzene rings is 1. The van der Waals surface area contributed by atoms with Gasteiger partial charge in [0, 0.05) is 32.7 Å². The monoisotopic (exact) mass is 299 g/mol. The van der Waals surface area contributed by atoms with E-state index < -0.39 is 5.97 Å². The molecule has 1 aromatic rings. The molecule has 0 radical (unpaired) electrons. The number of carboxylic acid groups (broad SMARTS) is 1. The van der Waals surface area contributed by atoms with Crippen molar-refractivity contribution in [2.24, 2.45) is 0 Å². The summed E-state index contributed by atoms with van der Waals surface area (Å²) < 4.78 is 0. The van der Waals surface area contributed by atoms with Crippen molar-refractivity contribution in [3.63, 3.8) is 0 Å². The molecule has 2 N–H and O–H groups in total. The lowest BCUT2D eigenvalue weighted by molar-refractivity contribution is -0.132.